The lowest BCUT2D eigenvalue weighted by Crippen LogP contribution is -2.09. The van der Waals surface area contributed by atoms with Crippen LogP contribution in [0, 0.1) is 0 Å². The van der Waals surface area contributed by atoms with Gasteiger partial charge in [0.1, 0.15) is 15.6 Å². The summed E-state index contributed by atoms with van der Waals surface area (Å²) in [7, 11) is -2.98. The van der Waals surface area contributed by atoms with Crippen molar-refractivity contribution in [1.82, 2.24) is 0 Å². The fourth-order valence-corrected chi connectivity index (χ4v) is 2.13. The minimum absolute atomic E-state index is 0.00165. The molecule has 0 aliphatic carbocycles. The van der Waals surface area contributed by atoms with Gasteiger partial charge < -0.3 is 0 Å². The van der Waals surface area contributed by atoms with Gasteiger partial charge in [0.2, 0.25) is 0 Å². The molecule has 4 heteroatoms. The maximum atomic E-state index is 11.3. The summed E-state index contributed by atoms with van der Waals surface area (Å²) < 4.78 is 21.7. The number of unbranched alkanes of at least 4 members (excludes halogenated alkanes) is 5. The minimum atomic E-state index is -2.98. The van der Waals surface area contributed by atoms with Crippen LogP contribution >= 0.6 is 0 Å². The second kappa shape index (κ2) is 8.74. The lowest BCUT2D eigenvalue weighted by molar-refractivity contribution is -0.118. The molecule has 16 heavy (non-hydrogen) atoms. The van der Waals surface area contributed by atoms with Crippen molar-refractivity contribution >= 4 is 15.6 Å². The average Bonchev–Trinajstić information content (AvgIpc) is 2.19. The highest BCUT2D eigenvalue weighted by atomic mass is 32.2. The van der Waals surface area contributed by atoms with E-state index in [1.807, 2.05) is 0 Å². The molecule has 0 spiro atoms. The molecule has 0 saturated carbocycles. The van der Waals surface area contributed by atoms with Crippen molar-refractivity contribution < 1.29 is 13.2 Å². The van der Waals surface area contributed by atoms with Crippen molar-refractivity contribution in [3.8, 4) is 0 Å². The molecule has 0 atom stereocenters. The van der Waals surface area contributed by atoms with Crippen LogP contribution in [-0.2, 0) is 14.6 Å². The highest BCUT2D eigenvalue weighted by molar-refractivity contribution is 7.90. The molecule has 0 aromatic rings. The molecule has 0 unspecified atom stereocenters. The zero-order valence-corrected chi connectivity index (χ0v) is 11.3. The topological polar surface area (TPSA) is 51.2 Å². The molecule has 0 rings (SSSR count). The Labute approximate surface area is 99.5 Å². The molecule has 0 aliphatic heterocycles. The van der Waals surface area contributed by atoms with E-state index in [1.165, 1.54) is 31.9 Å². The van der Waals surface area contributed by atoms with Crippen molar-refractivity contribution in [1.29, 1.82) is 0 Å². The first-order valence-electron chi connectivity index (χ1n) is 6.15. The van der Waals surface area contributed by atoms with E-state index in [0.717, 1.165) is 12.8 Å². The molecule has 0 amide bonds. The van der Waals surface area contributed by atoms with Crippen LogP contribution in [-0.4, -0.2) is 26.2 Å². The molecule has 0 aliphatic rings. The second-order valence-corrected chi connectivity index (χ2v) is 6.70. The van der Waals surface area contributed by atoms with Crippen LogP contribution in [0.2, 0.25) is 0 Å². The van der Waals surface area contributed by atoms with Crippen molar-refractivity contribution in [3.05, 3.63) is 0 Å². The highest BCUT2D eigenvalue weighted by Crippen LogP contribution is 2.08. The second-order valence-electron chi connectivity index (χ2n) is 4.44. The van der Waals surface area contributed by atoms with Crippen LogP contribution in [0.3, 0.4) is 0 Å². The molecule has 0 saturated heterocycles. The molecular formula is C12H24O3S. The van der Waals surface area contributed by atoms with E-state index in [2.05, 4.69) is 6.92 Å². The zero-order chi connectivity index (χ0) is 12.4. The normalized spacial score (nSPS) is 11.6. The van der Waals surface area contributed by atoms with Gasteiger partial charge in [-0.3, -0.25) is 4.79 Å². The number of Topliss-reactive ketones (excluding diaryl/α,β-unsaturated/α-hetero) is 1. The van der Waals surface area contributed by atoms with Crippen LogP contribution in [0.25, 0.3) is 0 Å². The van der Waals surface area contributed by atoms with Crippen LogP contribution in [0.4, 0.5) is 0 Å². The SMILES string of the molecule is CCCCCCCCC(=O)CCS(C)(=O)=O. The van der Waals surface area contributed by atoms with Gasteiger partial charge in [-0.2, -0.15) is 0 Å². The Hall–Kier alpha value is -0.380. The third kappa shape index (κ3) is 11.7. The van der Waals surface area contributed by atoms with Gasteiger partial charge in [-0.1, -0.05) is 39.0 Å². The van der Waals surface area contributed by atoms with Gasteiger partial charge in [-0.05, 0) is 6.42 Å². The fraction of sp³-hybridized carbons (Fsp3) is 0.917. The van der Waals surface area contributed by atoms with Crippen molar-refractivity contribution in [2.45, 2.75) is 58.3 Å². The number of hydrogen-bond acceptors (Lipinski definition) is 3. The predicted molar refractivity (Wildman–Crippen MR) is 67.3 cm³/mol. The average molecular weight is 248 g/mol. The van der Waals surface area contributed by atoms with E-state index in [9.17, 15) is 13.2 Å². The van der Waals surface area contributed by atoms with E-state index < -0.39 is 9.84 Å². The summed E-state index contributed by atoms with van der Waals surface area (Å²) in [5.74, 6) is 0.0858. The fourth-order valence-electron chi connectivity index (χ4n) is 1.53. The molecule has 0 aromatic heterocycles. The van der Waals surface area contributed by atoms with E-state index in [0.29, 0.717) is 6.42 Å². The number of carbonyl (C=O) groups is 1. The van der Waals surface area contributed by atoms with E-state index in [-0.39, 0.29) is 18.0 Å². The maximum Gasteiger partial charge on any atom is 0.147 e. The van der Waals surface area contributed by atoms with Gasteiger partial charge in [0.15, 0.2) is 0 Å². The van der Waals surface area contributed by atoms with Crippen LogP contribution in [0.5, 0.6) is 0 Å². The van der Waals surface area contributed by atoms with Gasteiger partial charge in [0.05, 0.1) is 5.75 Å². The smallest absolute Gasteiger partial charge is 0.147 e. The third-order valence-corrected chi connectivity index (χ3v) is 3.51. The van der Waals surface area contributed by atoms with E-state index in [4.69, 9.17) is 0 Å². The largest absolute Gasteiger partial charge is 0.300 e. The predicted octanol–water partition coefficient (Wildman–Crippen LogP) is 2.74. The van der Waals surface area contributed by atoms with Crippen molar-refractivity contribution in [3.63, 3.8) is 0 Å². The zero-order valence-electron chi connectivity index (χ0n) is 10.5. The Bertz CT molecular complexity index is 281. The van der Waals surface area contributed by atoms with Gasteiger partial charge >= 0.3 is 0 Å². The van der Waals surface area contributed by atoms with E-state index in [1.54, 1.807) is 0 Å². The van der Waals surface area contributed by atoms with Gasteiger partial charge in [-0.25, -0.2) is 8.42 Å². The Morgan fingerprint density at radius 2 is 1.50 bits per heavy atom. The quantitative estimate of drug-likeness (QED) is 0.559. The van der Waals surface area contributed by atoms with Crippen molar-refractivity contribution in [2.24, 2.45) is 0 Å². The Morgan fingerprint density at radius 3 is 2.06 bits per heavy atom. The van der Waals surface area contributed by atoms with Crippen LogP contribution < -0.4 is 0 Å². The summed E-state index contributed by atoms with van der Waals surface area (Å²) >= 11 is 0. The molecule has 0 radical (unpaired) electrons. The molecule has 96 valence electrons. The summed E-state index contributed by atoms with van der Waals surface area (Å²) in [6.07, 6.45) is 8.83. The first-order valence-corrected chi connectivity index (χ1v) is 8.21. The monoisotopic (exact) mass is 248 g/mol. The highest BCUT2D eigenvalue weighted by Gasteiger charge is 2.07. The Balaban J connectivity index is 3.38. The number of hydrogen-bond donors (Lipinski definition) is 0. The number of ketones is 1. The number of sulfone groups is 1. The number of rotatable bonds is 10. The molecule has 0 bridgehead atoms. The summed E-state index contributed by atoms with van der Waals surface area (Å²) in [6.45, 7) is 2.18. The first kappa shape index (κ1) is 15.6. The maximum absolute atomic E-state index is 11.3. The Kier molecular flexibility index (Phi) is 8.53. The van der Waals surface area contributed by atoms with Gasteiger partial charge in [0.25, 0.3) is 0 Å². The van der Waals surface area contributed by atoms with Gasteiger partial charge in [0, 0.05) is 19.1 Å². The molecule has 0 N–H and O–H groups in total. The molecule has 0 fully saturated rings. The molecular weight excluding hydrogens is 224 g/mol. The van der Waals surface area contributed by atoms with Crippen LogP contribution in [0.15, 0.2) is 0 Å². The summed E-state index contributed by atoms with van der Waals surface area (Å²) in [5, 5.41) is 0. The molecule has 0 aromatic carbocycles. The number of carbonyl (C=O) groups excluding carboxylic acids is 1. The first-order chi connectivity index (χ1) is 7.45. The minimum Gasteiger partial charge on any atom is -0.300 e. The van der Waals surface area contributed by atoms with Crippen LogP contribution in [0.1, 0.15) is 58.3 Å². The van der Waals surface area contributed by atoms with E-state index >= 15 is 0 Å². The standard InChI is InChI=1S/C12H24O3S/c1-3-4-5-6-7-8-9-12(13)10-11-16(2,14)15/h3-11H2,1-2H3. The third-order valence-electron chi connectivity index (χ3n) is 2.56. The van der Waals surface area contributed by atoms with Crippen molar-refractivity contribution in [2.75, 3.05) is 12.0 Å². The summed E-state index contributed by atoms with van der Waals surface area (Å²) in [5.41, 5.74) is 0. The summed E-state index contributed by atoms with van der Waals surface area (Å²) in [4.78, 5) is 11.3. The molecule has 0 heterocycles. The molecule has 3 nitrogen and oxygen atoms in total. The Morgan fingerprint density at radius 1 is 0.938 bits per heavy atom. The lowest BCUT2D eigenvalue weighted by atomic mass is 10.1. The summed E-state index contributed by atoms with van der Waals surface area (Å²) in [6, 6.07) is 0. The van der Waals surface area contributed by atoms with Gasteiger partial charge in [-0.15, -0.1) is 0 Å². The lowest BCUT2D eigenvalue weighted by Gasteiger charge is -2.01.